The van der Waals surface area contributed by atoms with E-state index < -0.39 is 0 Å². The highest BCUT2D eigenvalue weighted by Gasteiger charge is 2.07. The van der Waals surface area contributed by atoms with Gasteiger partial charge in [-0.05, 0) is 67.1 Å². The zero-order valence-corrected chi connectivity index (χ0v) is 10.4. The average Bonchev–Trinajstić information content (AvgIpc) is 2.20. The largest absolute Gasteiger partial charge is 0.0617 e. The third-order valence-electron chi connectivity index (χ3n) is 3.04. The Labute approximate surface area is 97.9 Å². The van der Waals surface area contributed by atoms with E-state index in [4.69, 9.17) is 0 Å². The van der Waals surface area contributed by atoms with Crippen molar-refractivity contribution in [3.05, 3.63) is 58.7 Å². The predicted molar refractivity (Wildman–Crippen MR) is 69.7 cm³/mol. The SMILES string of the molecule is Cc1[c]c(C)c(-c2c(C)cccc2C)cc1. The van der Waals surface area contributed by atoms with Gasteiger partial charge in [-0.15, -0.1) is 0 Å². The lowest BCUT2D eigenvalue weighted by molar-refractivity contribution is 1.32. The van der Waals surface area contributed by atoms with Crippen LogP contribution in [0.15, 0.2) is 30.3 Å². The van der Waals surface area contributed by atoms with Crippen LogP contribution in [-0.4, -0.2) is 0 Å². The minimum Gasteiger partial charge on any atom is -0.0617 e. The second kappa shape index (κ2) is 4.13. The molecule has 0 fully saturated rings. The maximum Gasteiger partial charge on any atom is -0.0114 e. The molecule has 2 rings (SSSR count). The van der Waals surface area contributed by atoms with Gasteiger partial charge in [-0.1, -0.05) is 30.3 Å². The Hall–Kier alpha value is -1.56. The van der Waals surface area contributed by atoms with E-state index in [1.54, 1.807) is 0 Å². The van der Waals surface area contributed by atoms with E-state index in [0.717, 1.165) is 0 Å². The molecule has 0 spiro atoms. The third-order valence-corrected chi connectivity index (χ3v) is 3.04. The van der Waals surface area contributed by atoms with Crippen LogP contribution in [0.1, 0.15) is 22.3 Å². The van der Waals surface area contributed by atoms with Gasteiger partial charge in [-0.25, -0.2) is 0 Å². The van der Waals surface area contributed by atoms with Crippen LogP contribution in [0.4, 0.5) is 0 Å². The van der Waals surface area contributed by atoms with Gasteiger partial charge in [-0.2, -0.15) is 0 Å². The molecule has 0 bridgehead atoms. The van der Waals surface area contributed by atoms with E-state index in [1.165, 1.54) is 33.4 Å². The smallest absolute Gasteiger partial charge is 0.0114 e. The van der Waals surface area contributed by atoms with Gasteiger partial charge in [0.2, 0.25) is 0 Å². The normalized spacial score (nSPS) is 10.5. The van der Waals surface area contributed by atoms with Crippen LogP contribution in [0, 0.1) is 33.8 Å². The van der Waals surface area contributed by atoms with E-state index in [2.05, 4.69) is 64.1 Å². The summed E-state index contributed by atoms with van der Waals surface area (Å²) in [6.45, 7) is 8.55. The summed E-state index contributed by atoms with van der Waals surface area (Å²) in [5, 5.41) is 0. The van der Waals surface area contributed by atoms with Crippen molar-refractivity contribution in [3.63, 3.8) is 0 Å². The highest BCUT2D eigenvalue weighted by atomic mass is 14.1. The third kappa shape index (κ3) is 1.88. The Morgan fingerprint density at radius 1 is 0.812 bits per heavy atom. The van der Waals surface area contributed by atoms with Gasteiger partial charge in [0.05, 0.1) is 0 Å². The van der Waals surface area contributed by atoms with E-state index in [1.807, 2.05) is 0 Å². The van der Waals surface area contributed by atoms with Crippen molar-refractivity contribution in [3.8, 4) is 11.1 Å². The van der Waals surface area contributed by atoms with E-state index in [0.29, 0.717) is 0 Å². The van der Waals surface area contributed by atoms with Crippen LogP contribution in [0.5, 0.6) is 0 Å². The molecule has 0 amide bonds. The van der Waals surface area contributed by atoms with E-state index in [9.17, 15) is 0 Å². The molecule has 0 nitrogen and oxygen atoms in total. The number of aryl methyl sites for hydroxylation is 4. The summed E-state index contributed by atoms with van der Waals surface area (Å²) in [5.74, 6) is 0. The monoisotopic (exact) mass is 209 g/mol. The van der Waals surface area contributed by atoms with Crippen molar-refractivity contribution in [1.29, 1.82) is 0 Å². The number of benzene rings is 2. The zero-order chi connectivity index (χ0) is 11.7. The molecule has 16 heavy (non-hydrogen) atoms. The Balaban J connectivity index is 2.68. The standard InChI is InChI=1S/C16H17/c1-11-8-9-15(14(4)10-11)16-12(2)6-5-7-13(16)3/h5-9H,1-4H3. The minimum absolute atomic E-state index is 1.20. The molecule has 0 aromatic heterocycles. The highest BCUT2D eigenvalue weighted by Crippen LogP contribution is 2.29. The van der Waals surface area contributed by atoms with Gasteiger partial charge in [0.15, 0.2) is 0 Å². The second-order valence-corrected chi connectivity index (χ2v) is 4.45. The van der Waals surface area contributed by atoms with Gasteiger partial charge in [0.25, 0.3) is 0 Å². The first-order valence-corrected chi connectivity index (χ1v) is 5.65. The minimum atomic E-state index is 1.20. The highest BCUT2D eigenvalue weighted by molar-refractivity contribution is 5.73. The topological polar surface area (TPSA) is 0 Å². The molecule has 0 atom stereocenters. The molecule has 0 aliphatic rings. The maximum absolute atomic E-state index is 3.39. The first kappa shape index (κ1) is 10.9. The van der Waals surface area contributed by atoms with Crippen LogP contribution in [0.2, 0.25) is 0 Å². The Morgan fingerprint density at radius 2 is 1.44 bits per heavy atom. The number of rotatable bonds is 1. The molecule has 0 saturated heterocycles. The quantitative estimate of drug-likeness (QED) is 0.653. The molecule has 2 aromatic rings. The molecule has 0 aliphatic heterocycles. The molecule has 2 aromatic carbocycles. The van der Waals surface area contributed by atoms with Crippen LogP contribution >= 0.6 is 0 Å². The Bertz CT molecular complexity index is 501. The molecule has 1 radical (unpaired) electrons. The summed E-state index contributed by atoms with van der Waals surface area (Å²) < 4.78 is 0. The van der Waals surface area contributed by atoms with Crippen molar-refractivity contribution in [2.45, 2.75) is 27.7 Å². The van der Waals surface area contributed by atoms with Crippen LogP contribution in [0.3, 0.4) is 0 Å². The summed E-state index contributed by atoms with van der Waals surface area (Å²) in [7, 11) is 0. The zero-order valence-electron chi connectivity index (χ0n) is 10.4. The van der Waals surface area contributed by atoms with Gasteiger partial charge < -0.3 is 0 Å². The van der Waals surface area contributed by atoms with Crippen LogP contribution < -0.4 is 0 Å². The van der Waals surface area contributed by atoms with Gasteiger partial charge >= 0.3 is 0 Å². The molecule has 0 aliphatic carbocycles. The van der Waals surface area contributed by atoms with E-state index >= 15 is 0 Å². The summed E-state index contributed by atoms with van der Waals surface area (Å²) in [5.41, 5.74) is 7.77. The lowest BCUT2D eigenvalue weighted by Crippen LogP contribution is -1.91. The summed E-state index contributed by atoms with van der Waals surface area (Å²) in [6.07, 6.45) is 0. The molecular formula is C16H17. The fourth-order valence-corrected chi connectivity index (χ4v) is 2.25. The lowest BCUT2D eigenvalue weighted by atomic mass is 9.92. The molecule has 81 valence electrons. The summed E-state index contributed by atoms with van der Waals surface area (Å²) in [4.78, 5) is 0. The van der Waals surface area contributed by atoms with Crippen molar-refractivity contribution in [1.82, 2.24) is 0 Å². The molecule has 0 N–H and O–H groups in total. The maximum atomic E-state index is 3.39. The lowest BCUT2D eigenvalue weighted by Gasteiger charge is -2.12. The first-order valence-electron chi connectivity index (χ1n) is 5.65. The molecule has 0 heterocycles. The fourth-order valence-electron chi connectivity index (χ4n) is 2.25. The molecule has 0 saturated carbocycles. The van der Waals surface area contributed by atoms with Crippen LogP contribution in [-0.2, 0) is 0 Å². The van der Waals surface area contributed by atoms with Gasteiger partial charge in [-0.3, -0.25) is 0 Å². The van der Waals surface area contributed by atoms with E-state index in [-0.39, 0.29) is 0 Å². The Morgan fingerprint density at radius 3 is 2.00 bits per heavy atom. The second-order valence-electron chi connectivity index (χ2n) is 4.45. The summed E-state index contributed by atoms with van der Waals surface area (Å²) >= 11 is 0. The Kier molecular flexibility index (Phi) is 2.82. The molecule has 0 unspecified atom stereocenters. The van der Waals surface area contributed by atoms with Crippen LogP contribution in [0.25, 0.3) is 11.1 Å². The predicted octanol–water partition coefficient (Wildman–Crippen LogP) is 4.39. The van der Waals surface area contributed by atoms with Gasteiger partial charge in [0.1, 0.15) is 0 Å². The van der Waals surface area contributed by atoms with Crippen molar-refractivity contribution in [2.75, 3.05) is 0 Å². The molecular weight excluding hydrogens is 192 g/mol. The first-order chi connectivity index (χ1) is 7.59. The fraction of sp³-hybridized carbons (Fsp3) is 0.250. The average molecular weight is 209 g/mol. The van der Waals surface area contributed by atoms with Crippen molar-refractivity contribution >= 4 is 0 Å². The van der Waals surface area contributed by atoms with Crippen molar-refractivity contribution < 1.29 is 0 Å². The number of hydrogen-bond donors (Lipinski definition) is 0. The number of hydrogen-bond acceptors (Lipinski definition) is 0. The van der Waals surface area contributed by atoms with Crippen molar-refractivity contribution in [2.24, 2.45) is 0 Å². The van der Waals surface area contributed by atoms with Gasteiger partial charge in [0, 0.05) is 0 Å². The molecule has 0 heteroatoms. The summed E-state index contributed by atoms with van der Waals surface area (Å²) in [6, 6.07) is 14.2.